The van der Waals surface area contributed by atoms with Crippen LogP contribution in [-0.2, 0) is 0 Å². The van der Waals surface area contributed by atoms with Gasteiger partial charge >= 0.3 is 0 Å². The molecule has 19 heavy (non-hydrogen) atoms. The summed E-state index contributed by atoms with van der Waals surface area (Å²) >= 11 is 12.4. The molecule has 4 nitrogen and oxygen atoms in total. The number of nitrogens with zero attached hydrogens (tertiary/aromatic N) is 1. The smallest absolute Gasteiger partial charge is 0.212 e. The number of furan rings is 1. The van der Waals surface area contributed by atoms with Crippen molar-refractivity contribution in [3.05, 3.63) is 46.6 Å². The number of nitrogens with two attached hydrogens (primary N) is 1. The predicted octanol–water partition coefficient (Wildman–Crippen LogP) is 4.49. The maximum Gasteiger partial charge on any atom is 0.212 e. The Morgan fingerprint density at radius 1 is 1.00 bits per heavy atom. The molecule has 0 bridgehead atoms. The van der Waals surface area contributed by atoms with E-state index in [1.54, 1.807) is 30.3 Å². The Bertz CT molecular complexity index is 700. The van der Waals surface area contributed by atoms with Gasteiger partial charge in [0.2, 0.25) is 5.76 Å². The third-order valence-electron chi connectivity index (χ3n) is 2.68. The quantitative estimate of drug-likeness (QED) is 0.756. The van der Waals surface area contributed by atoms with E-state index in [9.17, 15) is 0 Å². The van der Waals surface area contributed by atoms with E-state index in [2.05, 4.69) is 5.16 Å². The Morgan fingerprint density at radius 3 is 2.37 bits per heavy atom. The predicted molar refractivity (Wildman–Crippen MR) is 74.1 cm³/mol. The Kier molecular flexibility index (Phi) is 2.97. The monoisotopic (exact) mass is 294 g/mol. The third-order valence-corrected chi connectivity index (χ3v) is 3.31. The van der Waals surface area contributed by atoms with Crippen LogP contribution in [0.2, 0.25) is 10.0 Å². The lowest BCUT2D eigenvalue weighted by Gasteiger charge is -2.06. The van der Waals surface area contributed by atoms with Gasteiger partial charge in [-0.25, -0.2) is 0 Å². The van der Waals surface area contributed by atoms with Crippen molar-refractivity contribution in [1.82, 2.24) is 5.16 Å². The molecular formula is C13H8Cl2N2O2. The van der Waals surface area contributed by atoms with Gasteiger partial charge in [-0.15, -0.1) is 0 Å². The van der Waals surface area contributed by atoms with Crippen LogP contribution in [0.3, 0.4) is 0 Å². The molecule has 1 aromatic carbocycles. The molecule has 0 amide bonds. The van der Waals surface area contributed by atoms with Gasteiger partial charge in [-0.3, -0.25) is 0 Å². The molecule has 6 heteroatoms. The number of rotatable bonds is 2. The molecule has 0 saturated carbocycles. The van der Waals surface area contributed by atoms with Crippen molar-refractivity contribution >= 4 is 29.0 Å². The molecule has 2 heterocycles. The average molecular weight is 295 g/mol. The molecule has 0 unspecified atom stereocenters. The summed E-state index contributed by atoms with van der Waals surface area (Å²) in [5, 5.41) is 4.69. The Balaban J connectivity index is 2.29. The van der Waals surface area contributed by atoms with Crippen LogP contribution in [0.5, 0.6) is 0 Å². The molecule has 0 aliphatic carbocycles. The van der Waals surface area contributed by atoms with Crippen LogP contribution in [0.15, 0.2) is 45.5 Å². The zero-order chi connectivity index (χ0) is 13.4. The molecule has 0 aliphatic heterocycles. The molecule has 0 fully saturated rings. The van der Waals surface area contributed by atoms with Gasteiger partial charge in [-0.2, -0.15) is 0 Å². The number of hydrogen-bond acceptors (Lipinski definition) is 4. The molecule has 0 saturated heterocycles. The molecular weight excluding hydrogens is 287 g/mol. The number of benzene rings is 1. The summed E-state index contributed by atoms with van der Waals surface area (Å²) < 4.78 is 10.5. The molecule has 96 valence electrons. The molecule has 0 aliphatic rings. The standard InChI is InChI=1S/C13H8Cl2N2O2/c14-7-3-1-4-8(15)10(7)11-12(19-17-13(11)16)9-5-2-6-18-9/h1-6H,(H2,16,17). The second-order valence-electron chi connectivity index (χ2n) is 3.85. The van der Waals surface area contributed by atoms with E-state index in [0.29, 0.717) is 32.7 Å². The van der Waals surface area contributed by atoms with Crippen LogP contribution < -0.4 is 5.73 Å². The summed E-state index contributed by atoms with van der Waals surface area (Å²) in [7, 11) is 0. The number of anilines is 1. The first-order chi connectivity index (χ1) is 9.18. The van der Waals surface area contributed by atoms with Gasteiger partial charge in [0, 0.05) is 5.56 Å². The van der Waals surface area contributed by atoms with Crippen molar-refractivity contribution in [1.29, 1.82) is 0 Å². The van der Waals surface area contributed by atoms with Crippen LogP contribution >= 0.6 is 23.2 Å². The third kappa shape index (κ3) is 1.99. The van der Waals surface area contributed by atoms with Gasteiger partial charge in [0.25, 0.3) is 0 Å². The molecule has 0 spiro atoms. The van der Waals surface area contributed by atoms with Gasteiger partial charge in [0.1, 0.15) is 0 Å². The van der Waals surface area contributed by atoms with Crippen LogP contribution in [-0.4, -0.2) is 5.16 Å². The van der Waals surface area contributed by atoms with Gasteiger partial charge in [-0.1, -0.05) is 34.4 Å². The van der Waals surface area contributed by atoms with E-state index in [-0.39, 0.29) is 5.82 Å². The molecule has 0 radical (unpaired) electrons. The zero-order valence-corrected chi connectivity index (χ0v) is 11.1. The first-order valence-corrected chi connectivity index (χ1v) is 6.17. The minimum Gasteiger partial charge on any atom is -0.461 e. The maximum atomic E-state index is 6.19. The lowest BCUT2D eigenvalue weighted by atomic mass is 10.0. The van der Waals surface area contributed by atoms with Crippen molar-refractivity contribution in [2.45, 2.75) is 0 Å². The van der Waals surface area contributed by atoms with E-state index in [0.717, 1.165) is 0 Å². The minimum absolute atomic E-state index is 0.210. The van der Waals surface area contributed by atoms with Gasteiger partial charge < -0.3 is 14.7 Å². The average Bonchev–Trinajstić information content (AvgIpc) is 2.99. The van der Waals surface area contributed by atoms with Crippen molar-refractivity contribution in [2.24, 2.45) is 0 Å². The first-order valence-electron chi connectivity index (χ1n) is 5.42. The fourth-order valence-corrected chi connectivity index (χ4v) is 2.44. The zero-order valence-electron chi connectivity index (χ0n) is 9.56. The van der Waals surface area contributed by atoms with Gasteiger partial charge in [0.05, 0.1) is 21.9 Å². The topological polar surface area (TPSA) is 65.2 Å². The van der Waals surface area contributed by atoms with Crippen molar-refractivity contribution in [2.75, 3.05) is 5.73 Å². The van der Waals surface area contributed by atoms with Gasteiger partial charge in [0.15, 0.2) is 11.6 Å². The minimum atomic E-state index is 0.210. The highest BCUT2D eigenvalue weighted by atomic mass is 35.5. The van der Waals surface area contributed by atoms with Crippen molar-refractivity contribution in [3.63, 3.8) is 0 Å². The SMILES string of the molecule is Nc1noc(-c2ccco2)c1-c1c(Cl)cccc1Cl. The summed E-state index contributed by atoms with van der Waals surface area (Å²) in [5.41, 5.74) is 6.97. The van der Waals surface area contributed by atoms with Crippen molar-refractivity contribution in [3.8, 4) is 22.6 Å². The van der Waals surface area contributed by atoms with E-state index >= 15 is 0 Å². The molecule has 2 aromatic heterocycles. The fraction of sp³-hybridized carbons (Fsp3) is 0. The summed E-state index contributed by atoms with van der Waals surface area (Å²) in [6, 6.07) is 8.69. The second-order valence-corrected chi connectivity index (χ2v) is 4.66. The summed E-state index contributed by atoms with van der Waals surface area (Å²) in [6.07, 6.45) is 1.53. The van der Waals surface area contributed by atoms with Gasteiger partial charge in [-0.05, 0) is 24.3 Å². The van der Waals surface area contributed by atoms with Crippen LogP contribution in [0.25, 0.3) is 22.6 Å². The molecule has 2 N–H and O–H groups in total. The second kappa shape index (κ2) is 4.64. The van der Waals surface area contributed by atoms with E-state index in [1.807, 2.05) is 0 Å². The molecule has 3 aromatic rings. The number of aromatic nitrogens is 1. The van der Waals surface area contributed by atoms with Crippen LogP contribution in [0.4, 0.5) is 5.82 Å². The number of halogens is 2. The van der Waals surface area contributed by atoms with Crippen LogP contribution in [0.1, 0.15) is 0 Å². The highest BCUT2D eigenvalue weighted by molar-refractivity contribution is 6.39. The molecule has 0 atom stereocenters. The molecule has 3 rings (SSSR count). The fourth-order valence-electron chi connectivity index (χ4n) is 1.86. The Hall–Kier alpha value is -1.91. The normalized spacial score (nSPS) is 10.8. The van der Waals surface area contributed by atoms with Crippen LogP contribution in [0, 0.1) is 0 Å². The lowest BCUT2D eigenvalue weighted by molar-refractivity contribution is 0.421. The maximum absolute atomic E-state index is 6.19. The highest BCUT2D eigenvalue weighted by Gasteiger charge is 2.23. The largest absolute Gasteiger partial charge is 0.461 e. The first kappa shape index (κ1) is 12.1. The summed E-state index contributed by atoms with van der Waals surface area (Å²) in [5.74, 6) is 1.12. The Labute approximate surface area is 118 Å². The summed E-state index contributed by atoms with van der Waals surface area (Å²) in [4.78, 5) is 0. The number of nitrogen functional groups attached to an aromatic ring is 1. The van der Waals surface area contributed by atoms with E-state index in [4.69, 9.17) is 37.9 Å². The lowest BCUT2D eigenvalue weighted by Crippen LogP contribution is -1.90. The van der Waals surface area contributed by atoms with E-state index in [1.165, 1.54) is 6.26 Å². The Morgan fingerprint density at radius 2 is 1.74 bits per heavy atom. The summed E-state index contributed by atoms with van der Waals surface area (Å²) in [6.45, 7) is 0. The number of hydrogen-bond donors (Lipinski definition) is 1. The van der Waals surface area contributed by atoms with Crippen molar-refractivity contribution < 1.29 is 8.94 Å². The highest BCUT2D eigenvalue weighted by Crippen LogP contribution is 2.43. The van der Waals surface area contributed by atoms with E-state index < -0.39 is 0 Å².